The van der Waals surface area contributed by atoms with E-state index in [1.54, 1.807) is 10.9 Å². The van der Waals surface area contributed by atoms with Crippen molar-refractivity contribution < 1.29 is 23.8 Å². The first kappa shape index (κ1) is 20.3. The number of carboxylic acid groups (broad SMARTS) is 1. The lowest BCUT2D eigenvalue weighted by molar-refractivity contribution is -0.139. The van der Waals surface area contributed by atoms with Gasteiger partial charge in [0.25, 0.3) is 0 Å². The fourth-order valence-corrected chi connectivity index (χ4v) is 3.53. The van der Waals surface area contributed by atoms with Gasteiger partial charge in [-0.05, 0) is 48.4 Å². The number of benzene rings is 2. The first-order chi connectivity index (χ1) is 15.0. The largest absolute Gasteiger partial charge is 0.481 e. The van der Waals surface area contributed by atoms with Crippen LogP contribution in [-0.2, 0) is 11.2 Å². The summed E-state index contributed by atoms with van der Waals surface area (Å²) in [5.41, 5.74) is 3.50. The summed E-state index contributed by atoms with van der Waals surface area (Å²) in [5.74, 6) is -1.07. The summed E-state index contributed by atoms with van der Waals surface area (Å²) >= 11 is 0. The molecule has 0 spiro atoms. The average Bonchev–Trinajstić information content (AvgIpc) is 3.30. The minimum Gasteiger partial charge on any atom is -0.481 e. The van der Waals surface area contributed by atoms with Crippen molar-refractivity contribution >= 4 is 16.9 Å². The quantitative estimate of drug-likeness (QED) is 0.487. The molecule has 31 heavy (non-hydrogen) atoms. The van der Waals surface area contributed by atoms with Crippen molar-refractivity contribution in [2.75, 3.05) is 13.7 Å². The molecule has 0 amide bonds. The number of pyridine rings is 1. The number of rotatable bonds is 7. The Labute approximate surface area is 177 Å². The molecule has 0 unspecified atom stereocenters. The zero-order valence-corrected chi connectivity index (χ0v) is 17.0. The Balaban J connectivity index is 1.76. The van der Waals surface area contributed by atoms with Gasteiger partial charge in [0.1, 0.15) is 17.1 Å². The van der Waals surface area contributed by atoms with E-state index in [0.29, 0.717) is 17.7 Å². The van der Waals surface area contributed by atoms with Crippen LogP contribution in [0.1, 0.15) is 16.7 Å². The molecule has 0 fully saturated rings. The molecule has 0 atom stereocenters. The number of hydrogen-bond acceptors (Lipinski definition) is 5. The predicted octanol–water partition coefficient (Wildman–Crippen LogP) is 3.93. The smallest absolute Gasteiger partial charge is 0.341 e. The molecule has 0 saturated carbocycles. The van der Waals surface area contributed by atoms with E-state index in [9.17, 15) is 9.18 Å². The molecule has 0 saturated heterocycles. The van der Waals surface area contributed by atoms with Crippen molar-refractivity contribution in [2.45, 2.75) is 13.3 Å². The van der Waals surface area contributed by atoms with Gasteiger partial charge in [-0.15, -0.1) is 0 Å². The van der Waals surface area contributed by atoms with E-state index in [2.05, 4.69) is 10.1 Å². The third kappa shape index (κ3) is 4.05. The highest BCUT2D eigenvalue weighted by atomic mass is 19.1. The maximum absolute atomic E-state index is 14.5. The molecule has 4 rings (SSSR count). The van der Waals surface area contributed by atoms with Crippen molar-refractivity contribution in [3.05, 3.63) is 77.4 Å². The Kier molecular flexibility index (Phi) is 5.53. The fraction of sp³-hybridized carbons (Fsp3) is 0.174. The minimum atomic E-state index is -1.12. The first-order valence-electron chi connectivity index (χ1n) is 9.57. The number of ether oxygens (including phenoxy) is 2. The van der Waals surface area contributed by atoms with Crippen LogP contribution in [0.25, 0.3) is 16.6 Å². The van der Waals surface area contributed by atoms with Crippen LogP contribution in [0.4, 0.5) is 4.39 Å². The van der Waals surface area contributed by atoms with E-state index in [1.165, 1.54) is 19.2 Å². The van der Waals surface area contributed by atoms with Crippen LogP contribution in [0.5, 0.6) is 11.6 Å². The molecule has 1 N–H and O–H groups in total. The maximum Gasteiger partial charge on any atom is 0.341 e. The van der Waals surface area contributed by atoms with Gasteiger partial charge in [0, 0.05) is 29.8 Å². The molecule has 7 nitrogen and oxygen atoms in total. The second-order valence-corrected chi connectivity index (χ2v) is 6.97. The van der Waals surface area contributed by atoms with Crippen LogP contribution in [0.3, 0.4) is 0 Å². The summed E-state index contributed by atoms with van der Waals surface area (Å²) in [5, 5.41) is 13.6. The highest BCUT2D eigenvalue weighted by molar-refractivity contribution is 5.90. The summed E-state index contributed by atoms with van der Waals surface area (Å²) in [6, 6.07) is 12.4. The van der Waals surface area contributed by atoms with Gasteiger partial charge in [-0.25, -0.2) is 18.9 Å². The summed E-state index contributed by atoms with van der Waals surface area (Å²) < 4.78 is 27.1. The summed E-state index contributed by atoms with van der Waals surface area (Å²) in [7, 11) is 1.49. The van der Waals surface area contributed by atoms with E-state index in [-0.39, 0.29) is 11.3 Å². The topological polar surface area (TPSA) is 86.5 Å². The Hall–Kier alpha value is -3.94. The lowest BCUT2D eigenvalue weighted by atomic mass is 9.97. The Morgan fingerprint density at radius 2 is 1.97 bits per heavy atom. The lowest BCUT2D eigenvalue weighted by Crippen LogP contribution is -2.10. The molecule has 0 bridgehead atoms. The summed E-state index contributed by atoms with van der Waals surface area (Å²) in [6.07, 6.45) is 4.07. The van der Waals surface area contributed by atoms with Crippen molar-refractivity contribution in [1.82, 2.24) is 14.8 Å². The molecule has 8 heteroatoms. The molecule has 0 aliphatic rings. The number of aliphatic carboxylic acids is 1. The Morgan fingerprint density at radius 3 is 2.61 bits per heavy atom. The van der Waals surface area contributed by atoms with Gasteiger partial charge in [-0.2, -0.15) is 5.10 Å². The normalized spacial score (nSPS) is 10.9. The van der Waals surface area contributed by atoms with Gasteiger partial charge < -0.3 is 14.6 Å². The van der Waals surface area contributed by atoms with Crippen LogP contribution < -0.4 is 9.47 Å². The molecule has 0 aliphatic carbocycles. The highest BCUT2D eigenvalue weighted by Gasteiger charge is 2.19. The summed E-state index contributed by atoms with van der Waals surface area (Å²) in [4.78, 5) is 15.3. The number of carboxylic acids is 1. The fourth-order valence-electron chi connectivity index (χ4n) is 3.53. The third-order valence-corrected chi connectivity index (χ3v) is 5.02. The lowest BCUT2D eigenvalue weighted by Gasteiger charge is -2.17. The third-order valence-electron chi connectivity index (χ3n) is 5.02. The predicted molar refractivity (Wildman–Crippen MR) is 112 cm³/mol. The summed E-state index contributed by atoms with van der Waals surface area (Å²) in [6.45, 7) is 1.30. The molecular weight excluding hydrogens is 401 g/mol. The molecule has 158 valence electrons. The first-order valence-corrected chi connectivity index (χ1v) is 9.57. The van der Waals surface area contributed by atoms with E-state index < -0.39 is 18.4 Å². The van der Waals surface area contributed by atoms with Gasteiger partial charge in [0.15, 0.2) is 6.61 Å². The molecule has 2 aromatic heterocycles. The van der Waals surface area contributed by atoms with E-state index >= 15 is 0 Å². The second kappa shape index (κ2) is 8.43. The van der Waals surface area contributed by atoms with Crippen LogP contribution in [0.2, 0.25) is 0 Å². The van der Waals surface area contributed by atoms with Gasteiger partial charge in [-0.3, -0.25) is 0 Å². The molecule has 2 heterocycles. The molecular formula is C23H20FN3O4. The van der Waals surface area contributed by atoms with Gasteiger partial charge in [-0.1, -0.05) is 12.1 Å². The van der Waals surface area contributed by atoms with Crippen LogP contribution in [0.15, 0.2) is 54.9 Å². The van der Waals surface area contributed by atoms with Crippen molar-refractivity contribution in [3.63, 3.8) is 0 Å². The molecule has 0 radical (unpaired) electrons. The van der Waals surface area contributed by atoms with Crippen molar-refractivity contribution in [3.8, 4) is 17.3 Å². The number of aromatic nitrogens is 3. The van der Waals surface area contributed by atoms with Gasteiger partial charge in [0.05, 0.1) is 12.8 Å². The Bertz CT molecular complexity index is 1240. The molecule has 4 aromatic rings. The Morgan fingerprint density at radius 1 is 1.19 bits per heavy atom. The van der Waals surface area contributed by atoms with Gasteiger partial charge in [0.2, 0.25) is 5.88 Å². The molecule has 2 aromatic carbocycles. The zero-order chi connectivity index (χ0) is 22.0. The van der Waals surface area contributed by atoms with Gasteiger partial charge >= 0.3 is 5.97 Å². The van der Waals surface area contributed by atoms with Crippen LogP contribution in [0, 0.1) is 12.7 Å². The van der Waals surface area contributed by atoms with E-state index in [1.807, 2.05) is 43.5 Å². The average molecular weight is 421 g/mol. The van der Waals surface area contributed by atoms with E-state index in [0.717, 1.165) is 22.4 Å². The minimum absolute atomic E-state index is 0.0787. The number of carbonyl (C=O) groups is 1. The highest BCUT2D eigenvalue weighted by Crippen LogP contribution is 2.36. The number of hydrogen-bond donors (Lipinski definition) is 1. The SMILES string of the molecule is COc1nc2c(F)ccc(OCC(=O)O)c2c(C)c1Cc1ccc(-n2cccn2)cc1. The van der Waals surface area contributed by atoms with Crippen LogP contribution in [-0.4, -0.2) is 39.6 Å². The maximum atomic E-state index is 14.5. The zero-order valence-electron chi connectivity index (χ0n) is 17.0. The van der Waals surface area contributed by atoms with Crippen molar-refractivity contribution in [1.29, 1.82) is 0 Å². The van der Waals surface area contributed by atoms with Crippen molar-refractivity contribution in [2.24, 2.45) is 0 Å². The number of methoxy groups -OCH3 is 1. The number of aryl methyl sites for hydroxylation is 1. The second-order valence-electron chi connectivity index (χ2n) is 6.97. The number of halogens is 1. The van der Waals surface area contributed by atoms with Crippen LogP contribution >= 0.6 is 0 Å². The van der Waals surface area contributed by atoms with E-state index in [4.69, 9.17) is 14.6 Å². The monoisotopic (exact) mass is 421 g/mol. The standard InChI is InChI=1S/C23H20FN3O4/c1-14-17(12-15-4-6-16(7-5-15)27-11-3-10-25-27)23(30-2)26-22-18(24)8-9-19(21(14)22)31-13-20(28)29/h3-11H,12-13H2,1-2H3,(H,28,29). The number of fused-ring (bicyclic) bond motifs is 1. The molecule has 0 aliphatic heterocycles. The number of nitrogens with zero attached hydrogens (tertiary/aromatic N) is 3.